The van der Waals surface area contributed by atoms with E-state index in [1.54, 1.807) is 0 Å². The van der Waals surface area contributed by atoms with Crippen molar-refractivity contribution in [3.05, 3.63) is 257 Å². The van der Waals surface area contributed by atoms with Gasteiger partial charge in [-0.15, -0.1) is 0 Å². The largest absolute Gasteiger partial charge is 0.479 e. The first-order chi connectivity index (χ1) is 62.3. The van der Waals surface area contributed by atoms with Crippen LogP contribution in [0.2, 0.25) is 25.9 Å². The van der Waals surface area contributed by atoms with Crippen molar-refractivity contribution in [3.63, 3.8) is 0 Å². The summed E-state index contributed by atoms with van der Waals surface area (Å²) in [5, 5.41) is 43.5. The number of rotatable bonds is 22. The van der Waals surface area contributed by atoms with Crippen LogP contribution in [0.1, 0.15) is 285 Å². The van der Waals surface area contributed by atoms with E-state index in [1.165, 1.54) is 44.2 Å². The smallest absolute Gasteiger partial charge is 0.454 e. The maximum absolute atomic E-state index is 12.7. The highest BCUT2D eigenvalue weighted by atomic mass is 35.5. The van der Waals surface area contributed by atoms with E-state index in [9.17, 15) is 24.6 Å². The number of nitrogens with zero attached hydrogens (tertiary/aromatic N) is 4. The van der Waals surface area contributed by atoms with Crippen LogP contribution in [0.3, 0.4) is 0 Å². The van der Waals surface area contributed by atoms with Crippen LogP contribution < -0.4 is 0 Å². The van der Waals surface area contributed by atoms with Gasteiger partial charge in [0.25, 0.3) is 0 Å². The molecule has 4 fully saturated rings. The molecule has 4 aromatic heterocycles. The van der Waals surface area contributed by atoms with Crippen LogP contribution in [0.25, 0.3) is 88.1 Å². The molecule has 17 nitrogen and oxygen atoms in total. The molecule has 0 bridgehead atoms. The highest BCUT2D eigenvalue weighted by Crippen LogP contribution is 2.50. The zero-order valence-electron chi connectivity index (χ0n) is 81.4. The number of benzene rings is 8. The van der Waals surface area contributed by atoms with Crippen LogP contribution in [-0.2, 0) is 42.8 Å². The molecule has 4 N–H and O–H groups in total. The van der Waals surface area contributed by atoms with Crippen LogP contribution in [0.4, 0.5) is 0 Å². The summed E-state index contributed by atoms with van der Waals surface area (Å²) in [6.45, 7) is 45.2. The molecule has 0 aliphatic heterocycles. The molecule has 22 heteroatoms. The number of aliphatic carboxylic acids is 1. The highest BCUT2D eigenvalue weighted by Gasteiger charge is 2.38. The summed E-state index contributed by atoms with van der Waals surface area (Å²) < 4.78 is 36.9. The van der Waals surface area contributed by atoms with Crippen molar-refractivity contribution < 1.29 is 63.1 Å². The van der Waals surface area contributed by atoms with Crippen molar-refractivity contribution in [2.24, 2.45) is 10.8 Å². The summed E-state index contributed by atoms with van der Waals surface area (Å²) in [6.07, 6.45) is 6.82. The van der Waals surface area contributed by atoms with Gasteiger partial charge in [-0.25, -0.2) is 4.79 Å². The van der Waals surface area contributed by atoms with Crippen LogP contribution in [0, 0.1) is 45.4 Å². The van der Waals surface area contributed by atoms with E-state index < -0.39 is 65.1 Å². The van der Waals surface area contributed by atoms with Gasteiger partial charge in [-0.05, 0) is 384 Å². The molecule has 12 aromatic rings. The molecule has 4 aliphatic rings. The molecule has 0 radical (unpaired) electrons. The normalized spacial score (nSPS) is 15.1. The molecule has 704 valence electrons. The predicted molar refractivity (Wildman–Crippen MR) is 541 cm³/mol. The van der Waals surface area contributed by atoms with Crippen molar-refractivity contribution in [2.75, 3.05) is 19.8 Å². The molecule has 4 aliphatic carbocycles. The van der Waals surface area contributed by atoms with Crippen LogP contribution in [0.15, 0.2) is 170 Å². The van der Waals surface area contributed by atoms with Gasteiger partial charge in [0.2, 0.25) is 0 Å². The van der Waals surface area contributed by atoms with E-state index in [0.29, 0.717) is 43.4 Å². The molecule has 4 heterocycles. The highest BCUT2D eigenvalue weighted by molar-refractivity contribution is 6.44. The Morgan fingerprint density at radius 2 is 0.624 bits per heavy atom. The van der Waals surface area contributed by atoms with Gasteiger partial charge in [-0.2, -0.15) is 0 Å². The lowest BCUT2D eigenvalue weighted by molar-refractivity contribution is -0.162. The van der Waals surface area contributed by atoms with Gasteiger partial charge in [0, 0.05) is 87.7 Å². The van der Waals surface area contributed by atoms with Crippen molar-refractivity contribution in [2.45, 2.75) is 281 Å². The number of aromatic nitrogens is 4. The van der Waals surface area contributed by atoms with Crippen molar-refractivity contribution in [1.82, 2.24) is 19.9 Å². The molecule has 16 rings (SSSR count). The summed E-state index contributed by atoms with van der Waals surface area (Å²) in [4.78, 5) is 57.2. The first-order valence-corrected chi connectivity index (χ1v) is 47.8. The summed E-state index contributed by atoms with van der Waals surface area (Å²) in [5.74, 6) is 0.426. The second-order valence-corrected chi connectivity index (χ2v) is 43.7. The second kappa shape index (κ2) is 42.2. The van der Waals surface area contributed by atoms with Gasteiger partial charge in [-0.1, -0.05) is 132 Å². The molecule has 0 saturated heterocycles. The molecule has 0 unspecified atom stereocenters. The number of fused-ring (bicyclic) bond motifs is 4. The van der Waals surface area contributed by atoms with Crippen LogP contribution in [0.5, 0.6) is 0 Å². The standard InChI is InChI=1S/C30H36ClNO3.C28H34ClNO3.C25H26ClNO3.C25H28ClNO2.C3H7BO2/c1-18-16-24-22(14-15-23(32-24)19-8-9-19)27(20-10-12-21(31)13-11-20)26(18)25(35-30(5,6)7)17-34-28(33)29(2,3)4;1-17-15-22-21(14-9-18(2)30-22)25(19-10-12-20(29)13-11-19)24(17)23(33-28(6,7)8)16-32-26(31)27(3,4)5;1-14-13-20-18(11-12-19(27-20)15-5-6-15)22(16-7-9-17(26)10-8-16)21(14)23(24(28)29)30-25(2,3)4;1-15-13-21-19(11-12-20(27-21)16-5-6-16)24(17-7-9-18(26)10-8-17)23(15)22(14-28)29-25(2,3)4;5-4(6)3-1-2-3/h10-16,19,25H,8-9,17H2,1-7H3;9-15,23H,16H2,1-8H3;7-13,15,23H,5-6H2,1-4H3,(H,28,29);7-13,16,22,28H,5-6,14H2,1-4H3;3,5-6H,1-2H2/t25-;2*23-;22-;/m1101./s1. The van der Waals surface area contributed by atoms with Crippen molar-refractivity contribution in [1.29, 1.82) is 0 Å². The Bertz CT molecular complexity index is 6170. The number of aliphatic hydroxyl groups excluding tert-OH is 1. The van der Waals surface area contributed by atoms with Gasteiger partial charge >= 0.3 is 25.0 Å². The number of hydrogen-bond donors (Lipinski definition) is 4. The van der Waals surface area contributed by atoms with E-state index in [2.05, 4.69) is 81.4 Å². The number of esters is 2. The second-order valence-electron chi connectivity index (χ2n) is 41.9. The summed E-state index contributed by atoms with van der Waals surface area (Å²) in [7, 11) is -1.04. The van der Waals surface area contributed by atoms with E-state index in [1.807, 2.05) is 248 Å². The summed E-state index contributed by atoms with van der Waals surface area (Å²) in [5.41, 5.74) is 20.8. The first kappa shape index (κ1) is 103. The van der Waals surface area contributed by atoms with E-state index in [-0.39, 0.29) is 43.2 Å². The minimum Gasteiger partial charge on any atom is -0.479 e. The Balaban J connectivity index is 0.000000157. The Morgan fingerprint density at radius 3 is 0.872 bits per heavy atom. The number of carbonyl (C=O) groups excluding carboxylic acids is 2. The van der Waals surface area contributed by atoms with Crippen molar-refractivity contribution in [3.8, 4) is 44.5 Å². The fraction of sp³-hybridized carbons (Fsp3) is 0.432. The van der Waals surface area contributed by atoms with Gasteiger partial charge in [0.15, 0.2) is 6.10 Å². The fourth-order valence-corrected chi connectivity index (χ4v) is 17.0. The summed E-state index contributed by atoms with van der Waals surface area (Å²) in [6, 6.07) is 56.2. The number of halogens is 4. The van der Waals surface area contributed by atoms with E-state index in [4.69, 9.17) is 105 Å². The minimum absolute atomic E-state index is 0.0855. The van der Waals surface area contributed by atoms with Gasteiger partial charge in [0.1, 0.15) is 31.5 Å². The number of carbonyl (C=O) groups is 3. The fourth-order valence-electron chi connectivity index (χ4n) is 16.5. The third kappa shape index (κ3) is 27.6. The van der Waals surface area contributed by atoms with Crippen molar-refractivity contribution >= 4 is 115 Å². The molecule has 0 spiro atoms. The number of carboxylic acids is 1. The first-order valence-electron chi connectivity index (χ1n) is 46.3. The topological polar surface area (TPSA) is 239 Å². The molecule has 0 amide bonds. The molecule has 133 heavy (non-hydrogen) atoms. The Labute approximate surface area is 805 Å². The molecular weight excluding hydrogens is 1750 g/mol. The number of hydrogen-bond acceptors (Lipinski definition) is 16. The molecule has 4 saturated carbocycles. The quantitative estimate of drug-likeness (QED) is 0.0364. The SMILES string of the molecule is Cc1cc2nc(C3CC3)ccc2c(-c2ccc(Cl)cc2)c1[C@@H](CO)OC(C)(C)C.Cc1cc2nc(C3CC3)ccc2c(-c2ccc(Cl)cc2)c1[C@@H](COC(=O)C(C)(C)C)OC(C)(C)C.Cc1cc2nc(C3CC3)ccc2c(-c2ccc(Cl)cc2)c1[C@H](OC(C)(C)C)C(=O)O.Cc1ccc2c(-c3ccc(Cl)cc3)c([C@@H](COC(=O)C(C)(C)C)OC(C)(C)C)c(C)cc2n1.OB(O)C1CC1. The van der Waals surface area contributed by atoms with Crippen LogP contribution >= 0.6 is 46.4 Å². The number of aliphatic hydroxyl groups is 1. The lowest BCUT2D eigenvalue weighted by Gasteiger charge is -2.31. The lowest BCUT2D eigenvalue weighted by Crippen LogP contribution is -2.30. The zero-order valence-corrected chi connectivity index (χ0v) is 84.4. The number of pyridine rings is 4. The predicted octanol–water partition coefficient (Wildman–Crippen LogP) is 28.7. The maximum Gasteiger partial charge on any atom is 0.454 e. The molecule has 4 atom stereocenters. The Hall–Kier alpha value is -9.25. The number of ether oxygens (including phenoxy) is 6. The molecule has 8 aromatic carbocycles. The maximum atomic E-state index is 12.7. The lowest BCUT2D eigenvalue weighted by atomic mass is 9.84. The van der Waals surface area contributed by atoms with E-state index >= 15 is 0 Å². The average molecular weight is 1880 g/mol. The van der Waals surface area contributed by atoms with Gasteiger partial charge in [0.05, 0.1) is 61.9 Å². The number of carboxylic acid groups (broad SMARTS) is 1. The summed E-state index contributed by atoms with van der Waals surface area (Å²) >= 11 is 24.7. The number of aryl methyl sites for hydroxylation is 5. The minimum atomic E-state index is -1.09. The third-order valence-electron chi connectivity index (χ3n) is 23.3. The Morgan fingerprint density at radius 1 is 0.361 bits per heavy atom. The van der Waals surface area contributed by atoms with Gasteiger partial charge < -0.3 is 48.7 Å². The third-order valence-corrected chi connectivity index (χ3v) is 24.3. The Kier molecular flexibility index (Phi) is 32.6. The van der Waals surface area contributed by atoms with E-state index in [0.717, 1.165) is 157 Å². The average Bonchev–Trinajstić information content (AvgIpc) is 1.63. The zero-order chi connectivity index (χ0) is 97.1. The van der Waals surface area contributed by atoms with Gasteiger partial charge in [-0.3, -0.25) is 29.5 Å². The monoisotopic (exact) mass is 1880 g/mol. The van der Waals surface area contributed by atoms with Crippen LogP contribution in [-0.4, -0.2) is 107 Å². The molecular formula is C111H131BCl4N4O13.